The van der Waals surface area contributed by atoms with Gasteiger partial charge in [-0.05, 0) is 11.8 Å². The van der Waals surface area contributed by atoms with Gasteiger partial charge in [-0.3, -0.25) is 28.0 Å². The Morgan fingerprint density at radius 1 is 1.00 bits per heavy atom. The Morgan fingerprint density at radius 3 is 2.41 bits per heavy atom. The number of nitrogen functional groups attached to an aromatic ring is 1. The highest BCUT2D eigenvalue weighted by atomic mass is 32.5. The maximum Gasteiger partial charge on any atom is 0.325 e. The number of nitrogens with two attached hydrogens (primary N) is 1. The molecule has 3 aromatic rings. The molecular formula is C21H21BF2N8O9P2S. The summed E-state index contributed by atoms with van der Waals surface area (Å²) in [5.74, 6) is -0.331. The molecule has 0 spiro atoms. The largest absolute Gasteiger partial charge is 0.382 e. The number of fused-ring (bicyclic) bond motifs is 4. The van der Waals surface area contributed by atoms with Gasteiger partial charge in [-0.2, -0.15) is 0 Å². The molecule has 4 unspecified atom stereocenters. The van der Waals surface area contributed by atoms with Gasteiger partial charge in [0.05, 0.1) is 31.6 Å². The van der Waals surface area contributed by atoms with Gasteiger partial charge >= 0.3 is 6.72 Å². The summed E-state index contributed by atoms with van der Waals surface area (Å²) < 4.78 is 80.9. The molecule has 7 rings (SSSR count). The molecule has 0 aromatic carbocycles. The summed E-state index contributed by atoms with van der Waals surface area (Å²) in [5.41, 5.74) is 6.40. The van der Waals surface area contributed by atoms with Crippen molar-refractivity contribution in [3.05, 3.63) is 30.4 Å². The molecule has 0 bridgehead atoms. The highest BCUT2D eigenvalue weighted by Crippen LogP contribution is 2.54. The van der Waals surface area contributed by atoms with E-state index in [0.29, 0.717) is 0 Å². The van der Waals surface area contributed by atoms with Crippen LogP contribution in [0.2, 0.25) is 0 Å². The molecule has 23 heteroatoms. The van der Waals surface area contributed by atoms with E-state index in [0.717, 1.165) is 6.33 Å². The van der Waals surface area contributed by atoms with Crippen LogP contribution >= 0.6 is 14.2 Å². The van der Waals surface area contributed by atoms with Gasteiger partial charge in [0.15, 0.2) is 36.3 Å². The summed E-state index contributed by atoms with van der Waals surface area (Å²) >= 11 is 5.13. The predicted octanol–water partition coefficient (Wildman–Crippen LogP) is 0.702. The predicted molar refractivity (Wildman–Crippen MR) is 148 cm³/mol. The number of hydrogen-bond donors (Lipinski definition) is 2. The lowest BCUT2D eigenvalue weighted by Gasteiger charge is -2.29. The second-order valence-corrected chi connectivity index (χ2v) is 14.5. The van der Waals surface area contributed by atoms with Gasteiger partial charge in [0.2, 0.25) is 13.3 Å². The van der Waals surface area contributed by atoms with Crippen LogP contribution in [0.15, 0.2) is 24.0 Å². The molecule has 3 fully saturated rings. The number of alkyl halides is 2. The van der Waals surface area contributed by atoms with Crippen molar-refractivity contribution in [2.45, 2.75) is 49.2 Å². The smallest absolute Gasteiger partial charge is 0.325 e. The Balaban J connectivity index is 1.16. The van der Waals surface area contributed by atoms with Crippen molar-refractivity contribution in [3.63, 3.8) is 0 Å². The Bertz CT molecular complexity index is 1770. The number of aliphatic imine (C=N–C) groups is 1. The van der Waals surface area contributed by atoms with Crippen LogP contribution in [0.5, 0.6) is 0 Å². The molecule has 2 radical (unpaired) electrons. The summed E-state index contributed by atoms with van der Waals surface area (Å²) in [5, 5.41) is 0. The van der Waals surface area contributed by atoms with Gasteiger partial charge in [-0.1, -0.05) is 0 Å². The molecule has 3 N–H and O–H groups in total. The van der Waals surface area contributed by atoms with Gasteiger partial charge in [0.1, 0.15) is 48.5 Å². The van der Waals surface area contributed by atoms with E-state index in [1.165, 1.54) is 28.0 Å². The third-order valence-corrected chi connectivity index (χ3v) is 9.96. The number of nitrogens with zero attached hydrogens (tertiary/aromatic N) is 7. The van der Waals surface area contributed by atoms with Crippen LogP contribution in [0.25, 0.3) is 11.2 Å². The van der Waals surface area contributed by atoms with Crippen molar-refractivity contribution in [1.29, 1.82) is 0 Å². The number of anilines is 1. The molecule has 0 amide bonds. The number of halogens is 2. The van der Waals surface area contributed by atoms with Crippen molar-refractivity contribution in [2.24, 2.45) is 4.99 Å². The quantitative estimate of drug-likeness (QED) is 0.284. The lowest BCUT2D eigenvalue weighted by molar-refractivity contribution is -0.0572. The first-order chi connectivity index (χ1) is 20.9. The van der Waals surface area contributed by atoms with Crippen LogP contribution in [-0.2, 0) is 43.9 Å². The van der Waals surface area contributed by atoms with Crippen molar-refractivity contribution in [1.82, 2.24) is 29.1 Å². The Labute approximate surface area is 252 Å². The van der Waals surface area contributed by atoms with Gasteiger partial charge in [-0.25, -0.2) is 28.7 Å². The van der Waals surface area contributed by atoms with Crippen LogP contribution in [0, 0.1) is 0 Å². The van der Waals surface area contributed by atoms with E-state index in [1.807, 2.05) is 0 Å². The number of Topliss-reactive ketones (excluding diaryl/α,β-unsaturated/α-hetero) is 1. The SMILES string of the molecule is [B]P1(=O)OC[C@H]2O[C@@H](n3cnc4c(N)ncnc43)C(F)[C@H]2OP(O)(=S)OC[C@H]2O[C@@H](n3cnc4c3C=NCC4=O)[C@@H](F)C2O1. The molecule has 4 aliphatic rings. The highest BCUT2D eigenvalue weighted by Gasteiger charge is 2.53. The highest BCUT2D eigenvalue weighted by molar-refractivity contribution is 8.07. The summed E-state index contributed by atoms with van der Waals surface area (Å²) in [7, 11) is 1.24. The first kappa shape index (κ1) is 30.1. The molecule has 17 nitrogen and oxygen atoms in total. The normalized spacial score (nSPS) is 39.4. The number of carbonyl (C=O) groups excluding carboxylic acids is 1. The van der Waals surface area contributed by atoms with Gasteiger partial charge in [-0.15, -0.1) is 0 Å². The zero-order chi connectivity index (χ0) is 31.0. The van der Waals surface area contributed by atoms with Crippen LogP contribution in [-0.4, -0.2) is 110 Å². The minimum Gasteiger partial charge on any atom is -0.382 e. The standard InChI is InChI=1S/C21H21BF2N8O9P2S/c22-42(34)36-3-10-17(13(24)21(39-10)32-7-30-15-18(25)27-5-28-19(15)32)41-43(35,44)37-4-11-16(40-42)12(23)20(38-11)31-6-29-14-8(31)1-26-2-9(14)33/h1,5-7,10-13,16-17,20-21H,2-4H2,(H,35,44)(H2,25,27,28)/t10-,11-,12+,13?,16?,17+,20-,21-,42?,43?/m1/s1. The second-order valence-electron chi connectivity index (χ2n) is 10.1. The van der Waals surface area contributed by atoms with E-state index in [1.54, 1.807) is 0 Å². The number of imidazole rings is 2. The van der Waals surface area contributed by atoms with Crippen molar-refractivity contribution in [2.75, 3.05) is 25.5 Å². The Hall–Kier alpha value is -2.58. The lowest BCUT2D eigenvalue weighted by Crippen LogP contribution is -2.37. The average Bonchev–Trinajstić information content (AvgIpc) is 3.73. The number of hydrogen-bond acceptors (Lipinski definition) is 15. The van der Waals surface area contributed by atoms with Crippen molar-refractivity contribution in [3.8, 4) is 0 Å². The average molecular weight is 672 g/mol. The third kappa shape index (κ3) is 5.24. The fourth-order valence-electron chi connectivity index (χ4n) is 5.35. The van der Waals surface area contributed by atoms with Gasteiger partial charge < -0.3 is 33.7 Å². The van der Waals surface area contributed by atoms with E-state index < -0.39 is 76.6 Å². The molecular weight excluding hydrogens is 651 g/mol. The molecule has 0 aliphatic carbocycles. The number of carbonyl (C=O) groups is 1. The van der Waals surface area contributed by atoms with E-state index >= 15 is 8.78 Å². The Kier molecular flexibility index (Phi) is 7.56. The maximum atomic E-state index is 15.9. The molecule has 4 aliphatic heterocycles. The van der Waals surface area contributed by atoms with E-state index in [4.69, 9.17) is 52.7 Å². The molecule has 10 atom stereocenters. The number of ketones is 1. The monoisotopic (exact) mass is 672 g/mol. The van der Waals surface area contributed by atoms with Crippen LogP contribution in [0.4, 0.5) is 14.6 Å². The molecule has 7 heterocycles. The van der Waals surface area contributed by atoms with E-state index in [9.17, 15) is 14.3 Å². The molecule has 44 heavy (non-hydrogen) atoms. The number of aromatic nitrogens is 6. The van der Waals surface area contributed by atoms with Gasteiger partial charge in [0.25, 0.3) is 7.47 Å². The fourth-order valence-corrected chi connectivity index (χ4v) is 7.79. The number of ether oxygens (including phenoxy) is 2. The summed E-state index contributed by atoms with van der Waals surface area (Å²) in [6.07, 6.45) is -8.15. The first-order valence-electron chi connectivity index (χ1n) is 12.9. The lowest BCUT2D eigenvalue weighted by atomic mass is 10.1. The minimum absolute atomic E-state index is 0.0458. The van der Waals surface area contributed by atoms with E-state index in [-0.39, 0.29) is 40.7 Å². The van der Waals surface area contributed by atoms with Crippen molar-refractivity contribution < 1.29 is 50.6 Å². The number of rotatable bonds is 2. The maximum absolute atomic E-state index is 15.9. The molecule has 0 saturated carbocycles. The summed E-state index contributed by atoms with van der Waals surface area (Å²) in [6, 6.07) is 0. The molecule has 3 saturated heterocycles. The zero-order valence-corrected chi connectivity index (χ0v) is 24.7. The summed E-state index contributed by atoms with van der Waals surface area (Å²) in [4.78, 5) is 43.0. The molecule has 232 valence electrons. The first-order valence-corrected chi connectivity index (χ1v) is 17.1. The second kappa shape index (κ2) is 11.0. The fraction of sp³-hybridized carbons (Fsp3) is 0.524. The Morgan fingerprint density at radius 2 is 1.66 bits per heavy atom. The zero-order valence-electron chi connectivity index (χ0n) is 22.1. The topological polar surface area (TPSA) is 210 Å². The van der Waals surface area contributed by atoms with E-state index in [2.05, 4.69) is 24.9 Å². The van der Waals surface area contributed by atoms with Crippen LogP contribution in [0.3, 0.4) is 0 Å². The van der Waals surface area contributed by atoms with Crippen LogP contribution < -0.4 is 5.73 Å². The van der Waals surface area contributed by atoms with Crippen LogP contribution in [0.1, 0.15) is 28.6 Å². The van der Waals surface area contributed by atoms with Crippen molar-refractivity contribution >= 4 is 62.5 Å². The minimum atomic E-state index is -4.58. The third-order valence-electron chi connectivity index (χ3n) is 7.36. The molecule has 3 aromatic heterocycles. The summed E-state index contributed by atoms with van der Waals surface area (Å²) in [6.45, 7) is -5.73. The van der Waals surface area contributed by atoms with Gasteiger partial charge in [0, 0.05) is 6.21 Å².